The second-order valence-corrected chi connectivity index (χ2v) is 6.27. The molecule has 0 atom stereocenters. The third-order valence-electron chi connectivity index (χ3n) is 4.81. The number of nitrogens with zero attached hydrogens (tertiary/aromatic N) is 3. The summed E-state index contributed by atoms with van der Waals surface area (Å²) >= 11 is 3.53. The van der Waals surface area contributed by atoms with Gasteiger partial charge in [-0.05, 0) is 37.3 Å². The summed E-state index contributed by atoms with van der Waals surface area (Å²) in [6.45, 7) is 0. The summed E-state index contributed by atoms with van der Waals surface area (Å²) in [6, 6.07) is 8.98. The van der Waals surface area contributed by atoms with Crippen molar-refractivity contribution in [3.8, 4) is 17.3 Å². The average Bonchev–Trinajstić information content (AvgIpc) is 3.10. The quantitative estimate of drug-likeness (QED) is 0.634. The zero-order valence-corrected chi connectivity index (χ0v) is 16.0. The highest BCUT2D eigenvalue weighted by Gasteiger charge is 2.25. The first-order chi connectivity index (χ1) is 12.8. The number of ether oxygens (including phenoxy) is 1. The molecule has 0 saturated heterocycles. The molecule has 1 aromatic carbocycles. The SMILES string of the molecule is COc1nccc2nc(-c3ccccc3F)n(C3CCCCC3)c12.CS. The van der Waals surface area contributed by atoms with Gasteiger partial charge in [-0.3, -0.25) is 0 Å². The number of fused-ring (bicyclic) bond motifs is 1. The van der Waals surface area contributed by atoms with Crippen LogP contribution in [0.5, 0.6) is 5.88 Å². The summed E-state index contributed by atoms with van der Waals surface area (Å²) < 4.78 is 22.1. The van der Waals surface area contributed by atoms with Gasteiger partial charge in [-0.25, -0.2) is 14.4 Å². The molecular weight excluding hydrogens is 349 g/mol. The fourth-order valence-corrected chi connectivity index (χ4v) is 3.69. The van der Waals surface area contributed by atoms with E-state index in [0.717, 1.165) is 23.9 Å². The van der Waals surface area contributed by atoms with Gasteiger partial charge in [0.1, 0.15) is 17.2 Å². The van der Waals surface area contributed by atoms with Crippen molar-refractivity contribution in [2.24, 2.45) is 0 Å². The van der Waals surface area contributed by atoms with Gasteiger partial charge < -0.3 is 9.30 Å². The summed E-state index contributed by atoms with van der Waals surface area (Å²) in [6.07, 6.45) is 9.15. The van der Waals surface area contributed by atoms with Gasteiger partial charge in [0, 0.05) is 12.2 Å². The maximum Gasteiger partial charge on any atom is 0.239 e. The zero-order chi connectivity index (χ0) is 18.5. The number of aromatic nitrogens is 3. The van der Waals surface area contributed by atoms with E-state index < -0.39 is 0 Å². The van der Waals surface area contributed by atoms with E-state index in [1.807, 2.05) is 12.1 Å². The Kier molecular flexibility index (Phi) is 6.14. The third-order valence-corrected chi connectivity index (χ3v) is 4.81. The van der Waals surface area contributed by atoms with Gasteiger partial charge in [0.15, 0.2) is 0 Å². The zero-order valence-electron chi connectivity index (χ0n) is 15.2. The molecule has 0 bridgehead atoms. The van der Waals surface area contributed by atoms with E-state index in [2.05, 4.69) is 22.2 Å². The van der Waals surface area contributed by atoms with Crippen molar-refractivity contribution in [1.82, 2.24) is 14.5 Å². The number of methoxy groups -OCH3 is 1. The van der Waals surface area contributed by atoms with E-state index in [0.29, 0.717) is 23.3 Å². The van der Waals surface area contributed by atoms with E-state index >= 15 is 0 Å². The summed E-state index contributed by atoms with van der Waals surface area (Å²) in [7, 11) is 1.61. The number of hydrogen-bond donors (Lipinski definition) is 1. The van der Waals surface area contributed by atoms with Crippen LogP contribution in [-0.2, 0) is 0 Å². The molecule has 1 fully saturated rings. The van der Waals surface area contributed by atoms with Gasteiger partial charge in [-0.1, -0.05) is 31.4 Å². The second kappa shape index (κ2) is 8.54. The highest BCUT2D eigenvalue weighted by molar-refractivity contribution is 7.79. The fourth-order valence-electron chi connectivity index (χ4n) is 3.69. The van der Waals surface area contributed by atoms with Crippen LogP contribution in [-0.4, -0.2) is 27.9 Å². The van der Waals surface area contributed by atoms with Crippen LogP contribution in [0.15, 0.2) is 36.5 Å². The number of pyridine rings is 1. The van der Waals surface area contributed by atoms with Crippen molar-refractivity contribution in [2.45, 2.75) is 38.1 Å². The minimum absolute atomic E-state index is 0.253. The van der Waals surface area contributed by atoms with Crippen molar-refractivity contribution in [3.63, 3.8) is 0 Å². The lowest BCUT2D eigenvalue weighted by molar-refractivity contribution is 0.355. The third kappa shape index (κ3) is 3.43. The summed E-state index contributed by atoms with van der Waals surface area (Å²) in [5, 5.41) is 0. The monoisotopic (exact) mass is 373 g/mol. The molecular formula is C20H24FN3OS. The van der Waals surface area contributed by atoms with Crippen LogP contribution in [0, 0.1) is 5.82 Å². The van der Waals surface area contributed by atoms with Crippen molar-refractivity contribution in [2.75, 3.05) is 13.4 Å². The number of rotatable bonds is 3. The molecule has 26 heavy (non-hydrogen) atoms. The normalized spacial score (nSPS) is 14.8. The van der Waals surface area contributed by atoms with Crippen molar-refractivity contribution in [3.05, 3.63) is 42.3 Å². The number of thiol groups is 1. The van der Waals surface area contributed by atoms with Gasteiger partial charge in [-0.2, -0.15) is 12.6 Å². The first kappa shape index (κ1) is 18.7. The lowest BCUT2D eigenvalue weighted by atomic mass is 9.95. The standard InChI is InChI=1S/C19H20FN3O.CH4S/c1-24-19-17-16(11-12-21-19)22-18(14-9-5-6-10-15(14)20)23(17)13-7-3-2-4-8-13;1-2/h5-6,9-13H,2-4,7-8H2,1H3;2H,1H3. The van der Waals surface area contributed by atoms with Crippen LogP contribution in [0.1, 0.15) is 38.1 Å². The van der Waals surface area contributed by atoms with Gasteiger partial charge in [0.25, 0.3) is 0 Å². The maximum absolute atomic E-state index is 14.4. The molecule has 3 aromatic rings. The molecule has 138 valence electrons. The lowest BCUT2D eigenvalue weighted by Crippen LogP contribution is -2.14. The highest BCUT2D eigenvalue weighted by Crippen LogP contribution is 2.38. The first-order valence-electron chi connectivity index (χ1n) is 8.90. The molecule has 0 spiro atoms. The van der Waals surface area contributed by atoms with Gasteiger partial charge >= 0.3 is 0 Å². The molecule has 0 N–H and O–H groups in total. The lowest BCUT2D eigenvalue weighted by Gasteiger charge is -2.26. The summed E-state index contributed by atoms with van der Waals surface area (Å²) in [5.74, 6) is 0.964. The molecule has 6 heteroatoms. The minimum Gasteiger partial charge on any atom is -0.479 e. The van der Waals surface area contributed by atoms with Crippen molar-refractivity contribution >= 4 is 23.7 Å². The molecule has 0 radical (unpaired) electrons. The first-order valence-corrected chi connectivity index (χ1v) is 9.79. The van der Waals surface area contributed by atoms with E-state index in [4.69, 9.17) is 9.72 Å². The van der Waals surface area contributed by atoms with Gasteiger partial charge in [-0.15, -0.1) is 0 Å². The van der Waals surface area contributed by atoms with Crippen molar-refractivity contribution in [1.29, 1.82) is 0 Å². The van der Waals surface area contributed by atoms with E-state index in [9.17, 15) is 4.39 Å². The Balaban J connectivity index is 0.000000948. The molecule has 0 unspecified atom stereocenters. The summed E-state index contributed by atoms with van der Waals surface area (Å²) in [5.41, 5.74) is 2.19. The smallest absolute Gasteiger partial charge is 0.239 e. The fraction of sp³-hybridized carbons (Fsp3) is 0.400. The molecule has 1 saturated carbocycles. The van der Waals surface area contributed by atoms with Crippen LogP contribution in [0.2, 0.25) is 0 Å². The molecule has 2 aromatic heterocycles. The molecule has 0 amide bonds. The topological polar surface area (TPSA) is 39.9 Å². The van der Waals surface area contributed by atoms with Crippen LogP contribution in [0.25, 0.3) is 22.4 Å². The Morgan fingerprint density at radius 3 is 2.54 bits per heavy atom. The molecule has 0 aliphatic heterocycles. The Bertz CT molecular complexity index is 875. The average molecular weight is 373 g/mol. The van der Waals surface area contributed by atoms with Crippen LogP contribution in [0.3, 0.4) is 0 Å². The minimum atomic E-state index is -0.253. The number of halogens is 1. The Hall–Kier alpha value is -2.08. The van der Waals surface area contributed by atoms with Crippen LogP contribution in [0.4, 0.5) is 4.39 Å². The Morgan fingerprint density at radius 2 is 1.85 bits per heavy atom. The molecule has 1 aliphatic rings. The second-order valence-electron chi connectivity index (χ2n) is 6.27. The molecule has 4 rings (SSSR count). The number of imidazole rings is 1. The number of benzene rings is 1. The highest BCUT2D eigenvalue weighted by atomic mass is 32.1. The van der Waals surface area contributed by atoms with E-state index in [1.54, 1.807) is 31.7 Å². The Morgan fingerprint density at radius 1 is 1.12 bits per heavy atom. The summed E-state index contributed by atoms with van der Waals surface area (Å²) in [4.78, 5) is 9.06. The van der Waals surface area contributed by atoms with E-state index in [-0.39, 0.29) is 5.82 Å². The van der Waals surface area contributed by atoms with Crippen molar-refractivity contribution < 1.29 is 9.13 Å². The van der Waals surface area contributed by atoms with Crippen LogP contribution < -0.4 is 4.74 Å². The van der Waals surface area contributed by atoms with Gasteiger partial charge in [0.05, 0.1) is 18.2 Å². The molecule has 2 heterocycles. The van der Waals surface area contributed by atoms with E-state index in [1.165, 1.54) is 25.3 Å². The molecule has 4 nitrogen and oxygen atoms in total. The van der Waals surface area contributed by atoms with Gasteiger partial charge in [0.2, 0.25) is 5.88 Å². The molecule has 1 aliphatic carbocycles. The predicted molar refractivity (Wildman–Crippen MR) is 107 cm³/mol. The predicted octanol–water partition coefficient (Wildman–Crippen LogP) is 5.30. The maximum atomic E-state index is 14.4. The van der Waals surface area contributed by atoms with Crippen LogP contribution >= 0.6 is 12.6 Å². The Labute approximate surface area is 158 Å². The largest absolute Gasteiger partial charge is 0.479 e. The number of hydrogen-bond acceptors (Lipinski definition) is 4.